The maximum atomic E-state index is 12.3. The molecule has 25 heavy (non-hydrogen) atoms. The van der Waals surface area contributed by atoms with Crippen molar-refractivity contribution in [2.45, 2.75) is 5.03 Å². The number of nitrogen functional groups attached to an aromatic ring is 1. The largest absolute Gasteiger partial charge is 0.397 e. The lowest BCUT2D eigenvalue weighted by molar-refractivity contribution is 0.102. The van der Waals surface area contributed by atoms with Crippen LogP contribution in [0.3, 0.4) is 0 Å². The number of benzene rings is 1. The highest BCUT2D eigenvalue weighted by Crippen LogP contribution is 2.30. The molecule has 0 atom stereocenters. The van der Waals surface area contributed by atoms with Gasteiger partial charge in [-0.25, -0.2) is 8.42 Å². The topological polar surface area (TPSA) is 115 Å². The maximum Gasteiger partial charge on any atom is 0.276 e. The van der Waals surface area contributed by atoms with Crippen LogP contribution in [0.2, 0.25) is 0 Å². The maximum absolute atomic E-state index is 12.3. The van der Waals surface area contributed by atoms with Crippen molar-refractivity contribution < 1.29 is 13.2 Å². The van der Waals surface area contributed by atoms with E-state index in [0.717, 1.165) is 16.7 Å². The Labute approximate surface area is 148 Å². The molecule has 0 fully saturated rings. The van der Waals surface area contributed by atoms with Crippen molar-refractivity contribution in [2.75, 3.05) is 17.3 Å². The number of hydrogen-bond donors (Lipinski definition) is 2. The van der Waals surface area contributed by atoms with Crippen LogP contribution in [0.25, 0.3) is 10.4 Å². The van der Waals surface area contributed by atoms with Gasteiger partial charge in [0.15, 0.2) is 20.6 Å². The second-order valence-corrected chi connectivity index (χ2v) is 8.17. The van der Waals surface area contributed by atoms with Crippen LogP contribution < -0.4 is 11.1 Å². The molecule has 0 unspecified atom stereocenters. The highest BCUT2D eigenvalue weighted by molar-refractivity contribution is 7.90. The molecule has 0 radical (unpaired) electrons. The summed E-state index contributed by atoms with van der Waals surface area (Å²) >= 11 is 1.58. The summed E-state index contributed by atoms with van der Waals surface area (Å²) in [5.74, 6) is -0.525. The van der Waals surface area contributed by atoms with Gasteiger partial charge in [0, 0.05) is 11.1 Å². The van der Waals surface area contributed by atoms with Crippen molar-refractivity contribution in [3.05, 3.63) is 53.5 Å². The summed E-state index contributed by atoms with van der Waals surface area (Å²) in [4.78, 5) is 13.4. The summed E-state index contributed by atoms with van der Waals surface area (Å²) in [6, 6.07) is 11.8. The first-order valence-electron chi connectivity index (χ1n) is 7.13. The minimum atomic E-state index is -3.47. The molecule has 128 valence electrons. The highest BCUT2D eigenvalue weighted by atomic mass is 32.2. The second-order valence-electron chi connectivity index (χ2n) is 5.26. The van der Waals surface area contributed by atoms with Crippen molar-refractivity contribution >= 4 is 38.5 Å². The number of hydrogen-bond acceptors (Lipinski definition) is 7. The minimum absolute atomic E-state index is 0.00618. The fraction of sp³-hybridized carbons (Fsp3) is 0.0625. The summed E-state index contributed by atoms with van der Waals surface area (Å²) in [6.45, 7) is 0. The average molecular weight is 374 g/mol. The number of nitrogens with zero attached hydrogens (tertiary/aromatic N) is 2. The Morgan fingerprint density at radius 3 is 2.56 bits per heavy atom. The van der Waals surface area contributed by atoms with Crippen molar-refractivity contribution in [3.63, 3.8) is 0 Å². The third-order valence-corrected chi connectivity index (χ3v) is 5.26. The van der Waals surface area contributed by atoms with Crippen LogP contribution in [0.15, 0.2) is 52.9 Å². The molecule has 0 aliphatic rings. The molecule has 1 aromatic carbocycles. The van der Waals surface area contributed by atoms with E-state index in [2.05, 4.69) is 15.5 Å². The van der Waals surface area contributed by atoms with Crippen LogP contribution >= 0.6 is 11.3 Å². The fourth-order valence-corrected chi connectivity index (χ4v) is 3.31. The molecule has 0 aliphatic heterocycles. The summed E-state index contributed by atoms with van der Waals surface area (Å²) < 4.78 is 22.8. The molecule has 0 saturated heterocycles. The van der Waals surface area contributed by atoms with Crippen molar-refractivity contribution in [1.29, 1.82) is 0 Å². The molecular weight excluding hydrogens is 360 g/mol. The van der Waals surface area contributed by atoms with Gasteiger partial charge in [-0.1, -0.05) is 12.1 Å². The van der Waals surface area contributed by atoms with E-state index in [1.165, 1.54) is 12.1 Å². The van der Waals surface area contributed by atoms with E-state index in [0.29, 0.717) is 11.4 Å². The number of carbonyl (C=O) groups is 1. The van der Waals surface area contributed by atoms with E-state index < -0.39 is 15.7 Å². The first kappa shape index (κ1) is 17.1. The zero-order valence-electron chi connectivity index (χ0n) is 13.1. The molecule has 9 heteroatoms. The Morgan fingerprint density at radius 2 is 1.96 bits per heavy atom. The molecular formula is C16H14N4O3S2. The van der Waals surface area contributed by atoms with Gasteiger partial charge in [-0.15, -0.1) is 21.5 Å². The SMILES string of the molecule is CS(=O)(=O)c1ccc(C(=O)Nc2cc(-c3cccs3)ccc2N)nn1. The molecule has 0 bridgehead atoms. The predicted molar refractivity (Wildman–Crippen MR) is 97.3 cm³/mol. The van der Waals surface area contributed by atoms with Gasteiger partial charge in [0.25, 0.3) is 5.91 Å². The van der Waals surface area contributed by atoms with Crippen molar-refractivity contribution in [1.82, 2.24) is 10.2 Å². The second kappa shape index (κ2) is 6.61. The minimum Gasteiger partial charge on any atom is -0.397 e. The first-order chi connectivity index (χ1) is 11.8. The number of aromatic nitrogens is 2. The van der Waals surface area contributed by atoms with Gasteiger partial charge in [-0.05, 0) is 41.3 Å². The summed E-state index contributed by atoms with van der Waals surface area (Å²) in [7, 11) is -3.47. The van der Waals surface area contributed by atoms with Gasteiger partial charge in [0.1, 0.15) is 0 Å². The van der Waals surface area contributed by atoms with Crippen LogP contribution in [0.4, 0.5) is 11.4 Å². The Morgan fingerprint density at radius 1 is 1.16 bits per heavy atom. The monoisotopic (exact) mass is 374 g/mol. The van der Waals surface area contributed by atoms with Gasteiger partial charge in [-0.2, -0.15) is 0 Å². The number of nitrogens with one attached hydrogen (secondary N) is 1. The zero-order chi connectivity index (χ0) is 18.0. The van der Waals surface area contributed by atoms with Crippen molar-refractivity contribution in [3.8, 4) is 10.4 Å². The quantitative estimate of drug-likeness (QED) is 0.678. The standard InChI is InChI=1S/C16H14N4O3S2/c1-25(22,23)15-7-6-12(19-20-15)16(21)18-13-9-10(4-5-11(13)17)14-3-2-8-24-14/h2-9H,17H2,1H3,(H,18,21). The number of carbonyl (C=O) groups excluding carboxylic acids is 1. The molecule has 3 N–H and O–H groups in total. The van der Waals surface area contributed by atoms with E-state index >= 15 is 0 Å². The summed E-state index contributed by atoms with van der Waals surface area (Å²) in [6.07, 6.45) is 1.02. The fourth-order valence-electron chi connectivity index (χ4n) is 2.09. The third-order valence-electron chi connectivity index (χ3n) is 3.36. The molecule has 3 rings (SSSR count). The smallest absolute Gasteiger partial charge is 0.276 e. The Kier molecular flexibility index (Phi) is 4.51. The molecule has 1 amide bonds. The molecule has 2 aromatic heterocycles. The van der Waals surface area contributed by atoms with Crippen LogP contribution in [0.5, 0.6) is 0 Å². The van der Waals surface area contributed by atoms with E-state index in [-0.39, 0.29) is 10.7 Å². The number of nitrogens with two attached hydrogens (primary N) is 1. The zero-order valence-corrected chi connectivity index (χ0v) is 14.8. The Balaban J connectivity index is 1.84. The van der Waals surface area contributed by atoms with Gasteiger partial charge < -0.3 is 11.1 Å². The van der Waals surface area contributed by atoms with Crippen molar-refractivity contribution in [2.24, 2.45) is 0 Å². The number of anilines is 2. The third kappa shape index (κ3) is 3.83. The highest BCUT2D eigenvalue weighted by Gasteiger charge is 2.14. The lowest BCUT2D eigenvalue weighted by Crippen LogP contribution is -2.16. The van der Waals surface area contributed by atoms with E-state index in [1.54, 1.807) is 23.5 Å². The molecule has 0 spiro atoms. The average Bonchev–Trinajstić information content (AvgIpc) is 3.10. The van der Waals surface area contributed by atoms with Gasteiger partial charge >= 0.3 is 0 Å². The van der Waals surface area contributed by atoms with Crippen LogP contribution in [-0.4, -0.2) is 30.8 Å². The number of rotatable bonds is 4. The molecule has 0 saturated carbocycles. The molecule has 3 aromatic rings. The Hall–Kier alpha value is -2.78. The van der Waals surface area contributed by atoms with E-state index in [1.807, 2.05) is 23.6 Å². The molecule has 7 nitrogen and oxygen atoms in total. The van der Waals surface area contributed by atoms with Crippen LogP contribution in [0.1, 0.15) is 10.5 Å². The van der Waals surface area contributed by atoms with E-state index in [4.69, 9.17) is 5.73 Å². The number of amides is 1. The number of sulfone groups is 1. The summed E-state index contributed by atoms with van der Waals surface area (Å²) in [5, 5.41) is 11.7. The van der Waals surface area contributed by atoms with Crippen LogP contribution in [-0.2, 0) is 9.84 Å². The lowest BCUT2D eigenvalue weighted by Gasteiger charge is -2.09. The van der Waals surface area contributed by atoms with Gasteiger partial charge in [0.2, 0.25) is 0 Å². The van der Waals surface area contributed by atoms with Gasteiger partial charge in [-0.3, -0.25) is 4.79 Å². The van der Waals surface area contributed by atoms with E-state index in [9.17, 15) is 13.2 Å². The number of thiophene rings is 1. The Bertz CT molecular complexity index is 1010. The molecule has 2 heterocycles. The van der Waals surface area contributed by atoms with Gasteiger partial charge in [0.05, 0.1) is 11.4 Å². The first-order valence-corrected chi connectivity index (χ1v) is 9.90. The molecule has 0 aliphatic carbocycles. The lowest BCUT2D eigenvalue weighted by atomic mass is 10.1. The summed E-state index contributed by atoms with van der Waals surface area (Å²) in [5.41, 5.74) is 7.71. The van der Waals surface area contributed by atoms with Crippen LogP contribution in [0, 0.1) is 0 Å². The predicted octanol–water partition coefficient (Wildman–Crippen LogP) is 2.44. The normalized spacial score (nSPS) is 11.2.